The van der Waals surface area contributed by atoms with Crippen molar-refractivity contribution >= 4 is 28.6 Å². The number of hydrogen-bond donors (Lipinski definition) is 1. The Balaban J connectivity index is 2.18. The molecule has 7 heteroatoms. The zero-order valence-corrected chi connectivity index (χ0v) is 10.8. The molecule has 0 amide bonds. The smallest absolute Gasteiger partial charge is 0.278 e. The average Bonchev–Trinajstić information content (AvgIpc) is 2.71. The van der Waals surface area contributed by atoms with E-state index in [0.29, 0.717) is 6.54 Å². The summed E-state index contributed by atoms with van der Waals surface area (Å²) in [5.74, 6) is 0. The van der Waals surface area contributed by atoms with Gasteiger partial charge in [0.2, 0.25) is 0 Å². The predicted octanol–water partition coefficient (Wildman–Crippen LogP) is 1.49. The van der Waals surface area contributed by atoms with Crippen LogP contribution in [0.5, 0.6) is 0 Å². The molecule has 2 heterocycles. The molecule has 2 N–H and O–H groups in total. The zero-order chi connectivity index (χ0) is 12.4. The Hall–Kier alpha value is -1.40. The van der Waals surface area contributed by atoms with Crippen LogP contribution >= 0.6 is 22.9 Å². The highest BCUT2D eigenvalue weighted by molar-refractivity contribution is 7.09. The van der Waals surface area contributed by atoms with Gasteiger partial charge in [-0.15, -0.1) is 11.3 Å². The molecule has 0 spiro atoms. The van der Waals surface area contributed by atoms with Crippen molar-refractivity contribution in [3.05, 3.63) is 37.9 Å². The molecule has 0 aliphatic heterocycles. The van der Waals surface area contributed by atoms with Crippen molar-refractivity contribution in [1.29, 1.82) is 0 Å². The molecule has 0 saturated heterocycles. The van der Waals surface area contributed by atoms with Gasteiger partial charge in [0, 0.05) is 17.8 Å². The second-order valence-electron chi connectivity index (χ2n) is 3.56. The van der Waals surface area contributed by atoms with E-state index in [9.17, 15) is 4.79 Å². The minimum atomic E-state index is -0.299. The number of hydrogen-bond acceptors (Lipinski definition) is 5. The third-order valence-corrected chi connectivity index (χ3v) is 3.74. The zero-order valence-electron chi connectivity index (χ0n) is 9.18. The monoisotopic (exact) mass is 270 g/mol. The lowest BCUT2D eigenvalue weighted by Crippen LogP contribution is -2.24. The molecule has 0 aliphatic carbocycles. The number of thiazole rings is 1. The largest absolute Gasteiger partial charge is 0.392 e. The van der Waals surface area contributed by atoms with Crippen LogP contribution < -0.4 is 11.3 Å². The van der Waals surface area contributed by atoms with Gasteiger partial charge in [-0.05, 0) is 6.92 Å². The predicted molar refractivity (Wildman–Crippen MR) is 68.5 cm³/mol. The normalized spacial score (nSPS) is 10.7. The number of rotatable bonds is 3. The number of halogens is 1. The summed E-state index contributed by atoms with van der Waals surface area (Å²) >= 11 is 7.23. The van der Waals surface area contributed by atoms with Crippen molar-refractivity contribution in [1.82, 2.24) is 14.5 Å². The standard InChI is InChI=1S/C10H11ClN4OS/c1-6-7(17-5-14-6)2-3-15-4-13-9(11)8(12)10(15)16/h4-5H,2-3,12H2,1H3. The fourth-order valence-electron chi connectivity index (χ4n) is 1.43. The number of nitrogen functional groups attached to an aromatic ring is 1. The third-order valence-electron chi connectivity index (χ3n) is 2.45. The average molecular weight is 271 g/mol. The van der Waals surface area contributed by atoms with Gasteiger partial charge in [-0.1, -0.05) is 11.6 Å². The number of aryl methyl sites for hydroxylation is 3. The molecule has 17 heavy (non-hydrogen) atoms. The van der Waals surface area contributed by atoms with Crippen LogP contribution in [0.15, 0.2) is 16.6 Å². The summed E-state index contributed by atoms with van der Waals surface area (Å²) < 4.78 is 1.46. The first-order chi connectivity index (χ1) is 8.09. The molecule has 5 nitrogen and oxygen atoms in total. The van der Waals surface area contributed by atoms with E-state index in [4.69, 9.17) is 17.3 Å². The molecule has 90 valence electrons. The first-order valence-electron chi connectivity index (χ1n) is 4.99. The van der Waals surface area contributed by atoms with Gasteiger partial charge in [-0.3, -0.25) is 9.36 Å². The van der Waals surface area contributed by atoms with E-state index in [-0.39, 0.29) is 16.4 Å². The molecule has 0 fully saturated rings. The molecule has 0 radical (unpaired) electrons. The summed E-state index contributed by atoms with van der Waals surface area (Å²) in [6, 6.07) is 0. The second-order valence-corrected chi connectivity index (χ2v) is 4.86. The van der Waals surface area contributed by atoms with E-state index in [0.717, 1.165) is 17.0 Å². The van der Waals surface area contributed by atoms with Crippen LogP contribution in [-0.2, 0) is 13.0 Å². The lowest BCUT2D eigenvalue weighted by Gasteiger charge is -2.05. The number of anilines is 1. The number of nitrogens with zero attached hydrogens (tertiary/aromatic N) is 3. The van der Waals surface area contributed by atoms with Crippen LogP contribution in [0.3, 0.4) is 0 Å². The highest BCUT2D eigenvalue weighted by Gasteiger charge is 2.07. The van der Waals surface area contributed by atoms with Gasteiger partial charge in [0.15, 0.2) is 5.15 Å². The SMILES string of the molecule is Cc1ncsc1CCn1cnc(Cl)c(N)c1=O. The Labute approximate surface area is 107 Å². The van der Waals surface area contributed by atoms with Crippen molar-refractivity contribution in [3.63, 3.8) is 0 Å². The minimum absolute atomic E-state index is 0.00445. The van der Waals surface area contributed by atoms with Gasteiger partial charge >= 0.3 is 0 Å². The Kier molecular flexibility index (Phi) is 3.44. The molecule has 2 rings (SSSR count). The summed E-state index contributed by atoms with van der Waals surface area (Å²) in [7, 11) is 0. The summed E-state index contributed by atoms with van der Waals surface area (Å²) in [4.78, 5) is 20.9. The van der Waals surface area contributed by atoms with Crippen molar-refractivity contribution in [2.45, 2.75) is 19.9 Å². The molecule has 0 atom stereocenters. The molecular formula is C10H11ClN4OS. The summed E-state index contributed by atoms with van der Waals surface area (Å²) in [6.45, 7) is 2.47. The Bertz CT molecular complexity index is 592. The molecular weight excluding hydrogens is 260 g/mol. The Morgan fingerprint density at radius 3 is 2.94 bits per heavy atom. The van der Waals surface area contributed by atoms with Gasteiger partial charge in [0.05, 0.1) is 17.5 Å². The van der Waals surface area contributed by atoms with E-state index < -0.39 is 0 Å². The summed E-state index contributed by atoms with van der Waals surface area (Å²) in [5, 5.41) is 0.0558. The molecule has 0 aliphatic rings. The van der Waals surface area contributed by atoms with E-state index >= 15 is 0 Å². The van der Waals surface area contributed by atoms with Crippen LogP contribution in [0.4, 0.5) is 5.69 Å². The fraction of sp³-hybridized carbons (Fsp3) is 0.300. The molecule has 0 saturated carbocycles. The first kappa shape index (κ1) is 12.1. The highest BCUT2D eigenvalue weighted by Crippen LogP contribution is 2.13. The maximum absolute atomic E-state index is 11.7. The quantitative estimate of drug-likeness (QED) is 0.858. The van der Waals surface area contributed by atoms with Crippen LogP contribution in [0.2, 0.25) is 5.15 Å². The van der Waals surface area contributed by atoms with E-state index in [1.807, 2.05) is 6.92 Å². The maximum atomic E-state index is 11.7. The van der Waals surface area contributed by atoms with Crippen molar-refractivity contribution in [2.24, 2.45) is 0 Å². The Morgan fingerprint density at radius 1 is 1.53 bits per heavy atom. The Morgan fingerprint density at radius 2 is 2.29 bits per heavy atom. The van der Waals surface area contributed by atoms with E-state index in [2.05, 4.69) is 9.97 Å². The lowest BCUT2D eigenvalue weighted by atomic mass is 10.3. The van der Waals surface area contributed by atoms with Crippen molar-refractivity contribution in [3.8, 4) is 0 Å². The molecule has 0 aromatic carbocycles. The molecule has 0 bridgehead atoms. The van der Waals surface area contributed by atoms with Crippen LogP contribution in [0.1, 0.15) is 10.6 Å². The molecule has 2 aromatic heterocycles. The van der Waals surface area contributed by atoms with Gasteiger partial charge in [0.1, 0.15) is 5.69 Å². The topological polar surface area (TPSA) is 73.8 Å². The molecule has 0 unspecified atom stereocenters. The minimum Gasteiger partial charge on any atom is -0.392 e. The van der Waals surface area contributed by atoms with Gasteiger partial charge in [-0.2, -0.15) is 0 Å². The van der Waals surface area contributed by atoms with Gasteiger partial charge < -0.3 is 5.73 Å². The maximum Gasteiger partial charge on any atom is 0.278 e. The highest BCUT2D eigenvalue weighted by atomic mass is 35.5. The second kappa shape index (κ2) is 4.85. The number of nitrogens with two attached hydrogens (primary N) is 1. The molecule has 2 aromatic rings. The van der Waals surface area contributed by atoms with Crippen molar-refractivity contribution < 1.29 is 0 Å². The number of aromatic nitrogens is 3. The van der Waals surface area contributed by atoms with E-state index in [1.54, 1.807) is 16.8 Å². The fourth-order valence-corrected chi connectivity index (χ4v) is 2.33. The van der Waals surface area contributed by atoms with Crippen molar-refractivity contribution in [2.75, 3.05) is 5.73 Å². The summed E-state index contributed by atoms with van der Waals surface area (Å²) in [6.07, 6.45) is 2.15. The van der Waals surface area contributed by atoms with Crippen LogP contribution in [0.25, 0.3) is 0 Å². The van der Waals surface area contributed by atoms with Crippen LogP contribution in [-0.4, -0.2) is 14.5 Å². The lowest BCUT2D eigenvalue weighted by molar-refractivity contribution is 0.659. The first-order valence-corrected chi connectivity index (χ1v) is 6.24. The summed E-state index contributed by atoms with van der Waals surface area (Å²) in [5.41, 5.74) is 8.01. The van der Waals surface area contributed by atoms with Crippen LogP contribution in [0, 0.1) is 6.92 Å². The third kappa shape index (κ3) is 2.48. The van der Waals surface area contributed by atoms with E-state index in [1.165, 1.54) is 10.9 Å². The van der Waals surface area contributed by atoms with Gasteiger partial charge in [0.25, 0.3) is 5.56 Å². The van der Waals surface area contributed by atoms with Gasteiger partial charge in [-0.25, -0.2) is 9.97 Å².